The van der Waals surface area contributed by atoms with Crippen molar-refractivity contribution >= 4 is 23.2 Å². The lowest BCUT2D eigenvalue weighted by atomic mass is 10.5. The van der Waals surface area contributed by atoms with Gasteiger partial charge in [-0.05, 0) is 24.6 Å². The minimum absolute atomic E-state index is 0.131. The van der Waals surface area contributed by atoms with E-state index in [1.165, 1.54) is 10.9 Å². The average molecular weight is 228 g/mol. The molecule has 0 aromatic carbocycles. The van der Waals surface area contributed by atoms with Crippen molar-refractivity contribution in [3.05, 3.63) is 34.5 Å². The summed E-state index contributed by atoms with van der Waals surface area (Å²) in [6.07, 6.45) is 4.29. The van der Waals surface area contributed by atoms with Gasteiger partial charge >= 0.3 is 0 Å². The van der Waals surface area contributed by atoms with E-state index >= 15 is 0 Å². The van der Waals surface area contributed by atoms with Gasteiger partial charge in [0.2, 0.25) is 5.28 Å². The number of aryl methyl sites for hydroxylation is 1. The molecular formula is C8H5Cl2N4. The quantitative estimate of drug-likeness (QED) is 0.701. The summed E-state index contributed by atoms with van der Waals surface area (Å²) >= 11 is 11.5. The molecule has 14 heavy (non-hydrogen) atoms. The lowest BCUT2D eigenvalue weighted by molar-refractivity contribution is 0.821. The van der Waals surface area contributed by atoms with Crippen LogP contribution in [0.1, 0.15) is 5.69 Å². The van der Waals surface area contributed by atoms with Crippen molar-refractivity contribution < 1.29 is 0 Å². The van der Waals surface area contributed by atoms with Crippen LogP contribution < -0.4 is 0 Å². The van der Waals surface area contributed by atoms with Crippen molar-refractivity contribution in [3.63, 3.8) is 0 Å². The highest BCUT2D eigenvalue weighted by molar-refractivity contribution is 6.32. The van der Waals surface area contributed by atoms with Gasteiger partial charge in [-0.25, -0.2) is 9.67 Å². The maximum atomic E-state index is 5.88. The standard InChI is InChI=1S/C8H5Cl2N4/c1-5-2-3-14(13-5)7-6(9)4-11-8(10)12-7/h2,4H,1H3. The van der Waals surface area contributed by atoms with E-state index in [0.29, 0.717) is 10.8 Å². The van der Waals surface area contributed by atoms with Crippen LogP contribution in [0.2, 0.25) is 10.3 Å². The van der Waals surface area contributed by atoms with Gasteiger partial charge in [-0.3, -0.25) is 0 Å². The molecule has 0 fully saturated rings. The fraction of sp³-hybridized carbons (Fsp3) is 0.125. The third-order valence-electron chi connectivity index (χ3n) is 1.55. The molecule has 71 valence electrons. The molecule has 0 atom stereocenters. The first-order valence-corrected chi connectivity index (χ1v) is 4.55. The highest BCUT2D eigenvalue weighted by Gasteiger charge is 2.07. The van der Waals surface area contributed by atoms with Crippen molar-refractivity contribution in [2.45, 2.75) is 6.92 Å². The first kappa shape index (κ1) is 9.43. The smallest absolute Gasteiger partial charge is 0.224 e. The summed E-state index contributed by atoms with van der Waals surface area (Å²) in [5.41, 5.74) is 0.829. The average Bonchev–Trinajstić information content (AvgIpc) is 2.56. The Bertz CT molecular complexity index is 466. The van der Waals surface area contributed by atoms with Crippen LogP contribution in [0.25, 0.3) is 5.82 Å². The number of hydrogen-bond acceptors (Lipinski definition) is 3. The summed E-state index contributed by atoms with van der Waals surface area (Å²) in [7, 11) is 0. The highest BCUT2D eigenvalue weighted by atomic mass is 35.5. The zero-order chi connectivity index (χ0) is 10.1. The Morgan fingerprint density at radius 3 is 2.86 bits per heavy atom. The van der Waals surface area contributed by atoms with Crippen molar-refractivity contribution in [2.75, 3.05) is 0 Å². The molecule has 2 heterocycles. The van der Waals surface area contributed by atoms with E-state index in [0.717, 1.165) is 5.69 Å². The summed E-state index contributed by atoms with van der Waals surface area (Å²) in [6, 6.07) is 1.73. The van der Waals surface area contributed by atoms with Crippen LogP contribution in [-0.4, -0.2) is 19.7 Å². The number of nitrogens with zero attached hydrogens (tertiary/aromatic N) is 4. The minimum atomic E-state index is 0.131. The molecule has 0 aliphatic rings. The number of hydrogen-bond donors (Lipinski definition) is 0. The number of halogens is 2. The topological polar surface area (TPSA) is 43.6 Å². The fourth-order valence-corrected chi connectivity index (χ4v) is 1.26. The Hall–Kier alpha value is -1.13. The predicted octanol–water partition coefficient (Wildman–Crippen LogP) is 2.08. The zero-order valence-electron chi connectivity index (χ0n) is 7.20. The van der Waals surface area contributed by atoms with Crippen LogP contribution in [-0.2, 0) is 0 Å². The number of aromatic nitrogens is 4. The number of rotatable bonds is 1. The normalized spacial score (nSPS) is 10.5. The third-order valence-corrected chi connectivity index (χ3v) is 2.00. The van der Waals surface area contributed by atoms with Gasteiger partial charge in [-0.15, -0.1) is 0 Å². The van der Waals surface area contributed by atoms with E-state index in [1.54, 1.807) is 6.07 Å². The van der Waals surface area contributed by atoms with Gasteiger partial charge in [0.1, 0.15) is 5.02 Å². The summed E-state index contributed by atoms with van der Waals surface area (Å²) < 4.78 is 1.44. The fourth-order valence-electron chi connectivity index (χ4n) is 0.964. The van der Waals surface area contributed by atoms with Gasteiger partial charge in [-0.1, -0.05) is 11.6 Å². The molecule has 0 amide bonds. The van der Waals surface area contributed by atoms with E-state index in [-0.39, 0.29) is 5.28 Å². The molecule has 0 spiro atoms. The largest absolute Gasteiger partial charge is 0.225 e. The van der Waals surface area contributed by atoms with Gasteiger partial charge in [0.05, 0.1) is 18.1 Å². The van der Waals surface area contributed by atoms with E-state index < -0.39 is 0 Å². The SMILES string of the molecule is Cc1c[c]n(-c2nc(Cl)ncc2Cl)n1. The monoisotopic (exact) mass is 227 g/mol. The maximum Gasteiger partial charge on any atom is 0.224 e. The molecule has 0 N–H and O–H groups in total. The second-order valence-electron chi connectivity index (χ2n) is 2.64. The van der Waals surface area contributed by atoms with Crippen molar-refractivity contribution in [2.24, 2.45) is 0 Å². The molecular weight excluding hydrogens is 223 g/mol. The lowest BCUT2D eigenvalue weighted by Gasteiger charge is -2.01. The van der Waals surface area contributed by atoms with E-state index in [2.05, 4.69) is 21.3 Å². The van der Waals surface area contributed by atoms with Crippen LogP contribution in [0.3, 0.4) is 0 Å². The predicted molar refractivity (Wildman–Crippen MR) is 52.7 cm³/mol. The van der Waals surface area contributed by atoms with Gasteiger partial charge in [0, 0.05) is 0 Å². The Morgan fingerprint density at radius 2 is 2.21 bits per heavy atom. The molecule has 2 rings (SSSR count). The van der Waals surface area contributed by atoms with Crippen LogP contribution in [0.4, 0.5) is 0 Å². The van der Waals surface area contributed by atoms with Crippen LogP contribution in [0.15, 0.2) is 12.3 Å². The molecule has 0 bridgehead atoms. The third kappa shape index (κ3) is 1.71. The molecule has 2 aromatic rings. The Labute approximate surface area is 90.5 Å². The van der Waals surface area contributed by atoms with E-state index in [1.807, 2.05) is 6.92 Å². The summed E-state index contributed by atoms with van der Waals surface area (Å²) in [4.78, 5) is 7.69. The van der Waals surface area contributed by atoms with E-state index in [4.69, 9.17) is 23.2 Å². The molecule has 0 saturated carbocycles. The van der Waals surface area contributed by atoms with Crippen molar-refractivity contribution in [1.29, 1.82) is 0 Å². The van der Waals surface area contributed by atoms with Crippen LogP contribution >= 0.6 is 23.2 Å². The highest BCUT2D eigenvalue weighted by Crippen LogP contribution is 2.17. The summed E-state index contributed by atoms with van der Waals surface area (Å²) in [5.74, 6) is 0.430. The van der Waals surface area contributed by atoms with E-state index in [9.17, 15) is 0 Å². The molecule has 0 saturated heterocycles. The Morgan fingerprint density at radius 1 is 1.43 bits per heavy atom. The molecule has 1 radical (unpaired) electrons. The van der Waals surface area contributed by atoms with Gasteiger partial charge in [0.15, 0.2) is 5.82 Å². The Kier molecular flexibility index (Phi) is 2.39. The first-order valence-electron chi connectivity index (χ1n) is 3.79. The molecule has 6 heteroatoms. The van der Waals surface area contributed by atoms with Crippen molar-refractivity contribution in [1.82, 2.24) is 19.7 Å². The minimum Gasteiger partial charge on any atom is -0.225 e. The summed E-state index contributed by atoms with van der Waals surface area (Å²) in [6.45, 7) is 1.85. The second-order valence-corrected chi connectivity index (χ2v) is 3.38. The maximum absolute atomic E-state index is 5.88. The van der Waals surface area contributed by atoms with Crippen LogP contribution in [0.5, 0.6) is 0 Å². The van der Waals surface area contributed by atoms with Crippen LogP contribution in [0, 0.1) is 13.1 Å². The van der Waals surface area contributed by atoms with Gasteiger partial charge in [0.25, 0.3) is 0 Å². The summed E-state index contributed by atoms with van der Waals surface area (Å²) in [5, 5.41) is 4.62. The van der Waals surface area contributed by atoms with Gasteiger partial charge < -0.3 is 0 Å². The lowest BCUT2D eigenvalue weighted by Crippen LogP contribution is -2.01. The molecule has 2 aromatic heterocycles. The molecule has 4 nitrogen and oxygen atoms in total. The first-order chi connectivity index (χ1) is 6.66. The molecule has 0 aliphatic carbocycles. The zero-order valence-corrected chi connectivity index (χ0v) is 8.71. The molecule has 0 unspecified atom stereocenters. The second kappa shape index (κ2) is 3.55. The van der Waals surface area contributed by atoms with Gasteiger partial charge in [-0.2, -0.15) is 10.1 Å². The van der Waals surface area contributed by atoms with Crippen molar-refractivity contribution in [3.8, 4) is 5.82 Å². The Balaban J connectivity index is 2.55. The molecule has 0 aliphatic heterocycles.